The fourth-order valence-corrected chi connectivity index (χ4v) is 4.35. The summed E-state index contributed by atoms with van der Waals surface area (Å²) in [4.78, 5) is 4.05. The number of rotatable bonds is 1. The van der Waals surface area contributed by atoms with Crippen LogP contribution in [0, 0.1) is 11.3 Å². The molecule has 2 rings (SSSR count). The highest BCUT2D eigenvalue weighted by atomic mass is 32.1. The zero-order valence-corrected chi connectivity index (χ0v) is 12.2. The second kappa shape index (κ2) is 4.45. The van der Waals surface area contributed by atoms with Crippen molar-refractivity contribution < 1.29 is 13.2 Å². The molecular formula is C13H19F3N2S. The molecule has 1 heterocycles. The van der Waals surface area contributed by atoms with Crippen molar-refractivity contribution in [1.82, 2.24) is 4.98 Å². The predicted molar refractivity (Wildman–Crippen MR) is 69.8 cm³/mol. The Hall–Kier alpha value is -0.620. The summed E-state index contributed by atoms with van der Waals surface area (Å²) < 4.78 is 37.9. The van der Waals surface area contributed by atoms with Crippen LogP contribution in [-0.4, -0.2) is 4.98 Å². The van der Waals surface area contributed by atoms with Crippen LogP contribution >= 0.6 is 11.3 Å². The van der Waals surface area contributed by atoms with E-state index >= 15 is 0 Å². The van der Waals surface area contributed by atoms with Crippen LogP contribution in [0.15, 0.2) is 6.20 Å². The van der Waals surface area contributed by atoms with Gasteiger partial charge in [0.15, 0.2) is 5.01 Å². The molecule has 2 atom stereocenters. The summed E-state index contributed by atoms with van der Waals surface area (Å²) in [5, 5.41) is -0.802. The van der Waals surface area contributed by atoms with E-state index in [2.05, 4.69) is 25.8 Å². The molecule has 108 valence electrons. The summed E-state index contributed by atoms with van der Waals surface area (Å²) in [6.07, 6.45) is -0.604. The molecule has 1 aliphatic carbocycles. The van der Waals surface area contributed by atoms with Gasteiger partial charge in [0.1, 0.15) is 0 Å². The molecule has 0 amide bonds. The van der Waals surface area contributed by atoms with Crippen LogP contribution in [0.3, 0.4) is 0 Å². The minimum absolute atomic E-state index is 0.0504. The van der Waals surface area contributed by atoms with Gasteiger partial charge in [-0.15, -0.1) is 11.3 Å². The van der Waals surface area contributed by atoms with E-state index in [0.717, 1.165) is 12.8 Å². The number of aromatic nitrogens is 1. The molecule has 0 spiro atoms. The first-order valence-electron chi connectivity index (χ1n) is 6.34. The molecular weight excluding hydrogens is 273 g/mol. The second-order valence-corrected chi connectivity index (χ2v) is 7.57. The van der Waals surface area contributed by atoms with Crippen LogP contribution in [0.1, 0.15) is 49.9 Å². The summed E-state index contributed by atoms with van der Waals surface area (Å²) >= 11 is 0.687. The highest BCUT2D eigenvalue weighted by Crippen LogP contribution is 2.49. The zero-order valence-electron chi connectivity index (χ0n) is 11.3. The Morgan fingerprint density at radius 1 is 1.37 bits per heavy atom. The molecule has 6 heteroatoms. The van der Waals surface area contributed by atoms with Gasteiger partial charge in [-0.1, -0.05) is 20.8 Å². The van der Waals surface area contributed by atoms with Gasteiger partial charge < -0.3 is 5.73 Å². The minimum Gasteiger partial charge on any atom is -0.321 e. The van der Waals surface area contributed by atoms with Gasteiger partial charge in [-0.2, -0.15) is 13.2 Å². The average molecular weight is 292 g/mol. The van der Waals surface area contributed by atoms with E-state index in [1.54, 1.807) is 0 Å². The standard InChI is InChI=1S/C13H19F3N2S/c1-8-4-11(2,3)7-12(17,5-8)9-6-18-10(19-9)13(14,15)16/h6,8H,4-5,7,17H2,1-3H3. The van der Waals surface area contributed by atoms with Gasteiger partial charge in [0.2, 0.25) is 0 Å². The van der Waals surface area contributed by atoms with Crippen LogP contribution < -0.4 is 5.73 Å². The molecule has 0 radical (unpaired) electrons. The molecule has 0 bridgehead atoms. The Morgan fingerprint density at radius 2 is 2.00 bits per heavy atom. The van der Waals surface area contributed by atoms with Gasteiger partial charge in [-0.25, -0.2) is 4.98 Å². The molecule has 1 fully saturated rings. The van der Waals surface area contributed by atoms with Crippen molar-refractivity contribution in [2.75, 3.05) is 0 Å². The molecule has 19 heavy (non-hydrogen) atoms. The first-order chi connectivity index (χ1) is 8.52. The number of alkyl halides is 3. The SMILES string of the molecule is CC1CC(C)(C)CC(N)(c2cnc(C(F)(F)F)s2)C1. The number of hydrogen-bond donors (Lipinski definition) is 1. The largest absolute Gasteiger partial charge is 0.443 e. The van der Waals surface area contributed by atoms with E-state index in [1.807, 2.05) is 0 Å². The summed E-state index contributed by atoms with van der Waals surface area (Å²) in [5.74, 6) is 0.408. The maximum absolute atomic E-state index is 12.6. The maximum Gasteiger partial charge on any atom is 0.443 e. The van der Waals surface area contributed by atoms with Crippen molar-refractivity contribution in [3.8, 4) is 0 Å². The molecule has 1 saturated carbocycles. The van der Waals surface area contributed by atoms with Crippen LogP contribution in [0.25, 0.3) is 0 Å². The Morgan fingerprint density at radius 3 is 2.47 bits per heavy atom. The fourth-order valence-electron chi connectivity index (χ4n) is 3.46. The van der Waals surface area contributed by atoms with Crippen molar-refractivity contribution in [2.45, 2.75) is 51.7 Å². The van der Waals surface area contributed by atoms with Crippen molar-refractivity contribution in [2.24, 2.45) is 17.1 Å². The molecule has 0 saturated heterocycles. The number of thiazole rings is 1. The second-order valence-electron chi connectivity index (χ2n) is 6.54. The fraction of sp³-hybridized carbons (Fsp3) is 0.769. The maximum atomic E-state index is 12.6. The Balaban J connectivity index is 2.31. The number of hydrogen-bond acceptors (Lipinski definition) is 3. The van der Waals surface area contributed by atoms with E-state index in [1.165, 1.54) is 6.20 Å². The number of nitrogens with zero attached hydrogens (tertiary/aromatic N) is 1. The lowest BCUT2D eigenvalue weighted by atomic mass is 9.64. The Labute approximate surface area is 115 Å². The molecule has 2 unspecified atom stereocenters. The highest BCUT2D eigenvalue weighted by Gasteiger charge is 2.44. The molecule has 1 aromatic rings. The topological polar surface area (TPSA) is 38.9 Å². The van der Waals surface area contributed by atoms with Gasteiger partial charge in [0, 0.05) is 11.1 Å². The molecule has 2 N–H and O–H groups in total. The molecule has 1 aliphatic rings. The van der Waals surface area contributed by atoms with Crippen molar-refractivity contribution >= 4 is 11.3 Å². The lowest BCUT2D eigenvalue weighted by molar-refractivity contribution is -0.137. The van der Waals surface area contributed by atoms with Gasteiger partial charge in [-0.3, -0.25) is 0 Å². The van der Waals surface area contributed by atoms with Gasteiger partial charge in [-0.05, 0) is 30.6 Å². The van der Waals surface area contributed by atoms with E-state index < -0.39 is 16.7 Å². The minimum atomic E-state index is -4.38. The Kier molecular flexibility index (Phi) is 3.46. The first kappa shape index (κ1) is 14.8. The first-order valence-corrected chi connectivity index (χ1v) is 7.16. The van der Waals surface area contributed by atoms with Crippen molar-refractivity contribution in [1.29, 1.82) is 0 Å². The quantitative estimate of drug-likeness (QED) is 0.844. The van der Waals surface area contributed by atoms with Gasteiger partial charge in [0.05, 0.1) is 5.54 Å². The zero-order chi connectivity index (χ0) is 14.5. The van der Waals surface area contributed by atoms with E-state index in [9.17, 15) is 13.2 Å². The van der Waals surface area contributed by atoms with Crippen molar-refractivity contribution in [3.63, 3.8) is 0 Å². The third-order valence-corrected chi connectivity index (χ3v) is 4.91. The van der Waals surface area contributed by atoms with Crippen LogP contribution in [0.5, 0.6) is 0 Å². The van der Waals surface area contributed by atoms with E-state index in [-0.39, 0.29) is 5.41 Å². The monoisotopic (exact) mass is 292 g/mol. The number of halogens is 3. The Bertz CT molecular complexity index is 467. The summed E-state index contributed by atoms with van der Waals surface area (Å²) in [6, 6.07) is 0. The van der Waals surface area contributed by atoms with Crippen LogP contribution in [-0.2, 0) is 11.7 Å². The summed E-state index contributed by atoms with van der Waals surface area (Å²) in [6.45, 7) is 6.35. The van der Waals surface area contributed by atoms with Gasteiger partial charge in [0.25, 0.3) is 0 Å². The predicted octanol–water partition coefficient (Wildman–Crippen LogP) is 4.16. The molecule has 1 aromatic heterocycles. The summed E-state index contributed by atoms with van der Waals surface area (Å²) in [7, 11) is 0. The van der Waals surface area contributed by atoms with Crippen molar-refractivity contribution in [3.05, 3.63) is 16.1 Å². The molecule has 0 aromatic carbocycles. The third kappa shape index (κ3) is 3.11. The molecule has 2 nitrogen and oxygen atoms in total. The van der Waals surface area contributed by atoms with Crippen LogP contribution in [0.2, 0.25) is 0 Å². The lowest BCUT2D eigenvalue weighted by Gasteiger charge is -2.45. The molecule has 0 aliphatic heterocycles. The highest BCUT2D eigenvalue weighted by molar-refractivity contribution is 7.11. The van der Waals surface area contributed by atoms with E-state index in [0.29, 0.717) is 28.6 Å². The van der Waals surface area contributed by atoms with E-state index in [4.69, 9.17) is 5.73 Å². The average Bonchev–Trinajstić information content (AvgIpc) is 2.60. The normalized spacial score (nSPS) is 31.4. The van der Waals surface area contributed by atoms with Gasteiger partial charge >= 0.3 is 6.18 Å². The third-order valence-electron chi connectivity index (χ3n) is 3.65. The summed E-state index contributed by atoms with van der Waals surface area (Å²) in [5.41, 5.74) is 5.78. The number of nitrogens with two attached hydrogens (primary N) is 1. The van der Waals surface area contributed by atoms with Crippen LogP contribution in [0.4, 0.5) is 13.2 Å². The smallest absolute Gasteiger partial charge is 0.321 e. The lowest BCUT2D eigenvalue weighted by Crippen LogP contribution is -2.46.